The number of hydrazine groups is 1. The Hall–Kier alpha value is -2.90. The Labute approximate surface area is 210 Å². The van der Waals surface area contributed by atoms with Crippen LogP contribution in [0.3, 0.4) is 0 Å². The zero-order valence-corrected chi connectivity index (χ0v) is 20.9. The summed E-state index contributed by atoms with van der Waals surface area (Å²) in [5, 5.41) is 16.8. The molecule has 0 aromatic heterocycles. The Kier molecular flexibility index (Phi) is 10.7. The lowest BCUT2D eigenvalue weighted by Gasteiger charge is -2.32. The third-order valence-corrected chi connectivity index (χ3v) is 6.43. The third-order valence-electron chi connectivity index (χ3n) is 6.43. The Balaban J connectivity index is 0.00000432. The first kappa shape index (κ1) is 28.3. The Morgan fingerprint density at radius 2 is 1.74 bits per heavy atom. The number of nitrogens with one attached hydrogen (secondary N) is 1. The highest BCUT2D eigenvalue weighted by Crippen LogP contribution is 2.26. The van der Waals surface area contributed by atoms with Gasteiger partial charge in [-0.15, -0.1) is 0 Å². The number of hydrogen-bond acceptors (Lipinski definition) is 5. The van der Waals surface area contributed by atoms with E-state index < -0.39 is 6.10 Å². The normalized spacial score (nSPS) is 13.5. The fourth-order valence-corrected chi connectivity index (χ4v) is 4.24. The number of amides is 2. The first-order valence-corrected chi connectivity index (χ1v) is 12.2. The van der Waals surface area contributed by atoms with Gasteiger partial charge in [0.25, 0.3) is 5.91 Å². The molecular weight excluding hydrogens is 440 g/mol. The molecule has 0 saturated carbocycles. The number of fused-ring (bicyclic) bond motifs is 1. The molecule has 3 rings (SSSR count). The first-order chi connectivity index (χ1) is 16.3. The van der Waals surface area contributed by atoms with Crippen LogP contribution in [0.1, 0.15) is 68.9 Å². The van der Waals surface area contributed by atoms with Crippen molar-refractivity contribution in [3.05, 3.63) is 64.7 Å². The molecular formula is C28H42N4O3. The van der Waals surface area contributed by atoms with E-state index >= 15 is 0 Å². The Bertz CT molecular complexity index is 967. The van der Waals surface area contributed by atoms with Crippen molar-refractivity contribution in [2.75, 3.05) is 31.6 Å². The Morgan fingerprint density at radius 1 is 1.09 bits per heavy atom. The number of benzene rings is 2. The second-order valence-electron chi connectivity index (χ2n) is 9.14. The van der Waals surface area contributed by atoms with Gasteiger partial charge in [-0.1, -0.05) is 63.6 Å². The smallest absolute Gasteiger partial charge is 0.256 e. The lowest BCUT2D eigenvalue weighted by atomic mass is 10.1. The summed E-state index contributed by atoms with van der Waals surface area (Å²) in [5.74, 6) is -0.199. The molecule has 2 amide bonds. The minimum Gasteiger partial charge on any atom is -0.389 e. The average molecular weight is 483 g/mol. The summed E-state index contributed by atoms with van der Waals surface area (Å²) in [6.07, 6.45) is 2.47. The van der Waals surface area contributed by atoms with Crippen LogP contribution >= 0.6 is 0 Å². The molecule has 2 N–H and O–H groups in total. The number of unbranched alkanes of at least 4 members (excludes halogenated alkanes) is 2. The average Bonchev–Trinajstić information content (AvgIpc) is 3.25. The maximum absolute atomic E-state index is 13.3. The highest BCUT2D eigenvalue weighted by molar-refractivity contribution is 5.86. The summed E-state index contributed by atoms with van der Waals surface area (Å²) in [5.41, 5.74) is 4.95. The van der Waals surface area contributed by atoms with E-state index in [0.717, 1.165) is 36.1 Å². The van der Waals surface area contributed by atoms with E-state index in [1.54, 1.807) is 19.0 Å². The van der Waals surface area contributed by atoms with E-state index in [0.29, 0.717) is 19.6 Å². The van der Waals surface area contributed by atoms with Gasteiger partial charge in [-0.3, -0.25) is 14.6 Å². The van der Waals surface area contributed by atoms with Crippen LogP contribution < -0.4 is 10.2 Å². The quantitative estimate of drug-likeness (QED) is 0.470. The summed E-state index contributed by atoms with van der Waals surface area (Å²) in [7, 11) is 1.79. The topological polar surface area (TPSA) is 76.1 Å². The van der Waals surface area contributed by atoms with Gasteiger partial charge in [-0.25, -0.2) is 5.01 Å². The van der Waals surface area contributed by atoms with Crippen molar-refractivity contribution in [2.45, 2.75) is 66.7 Å². The zero-order valence-electron chi connectivity index (χ0n) is 20.9. The predicted molar refractivity (Wildman–Crippen MR) is 142 cm³/mol. The molecule has 0 radical (unpaired) electrons. The number of aliphatic hydroxyl groups excluding tert-OH is 1. The van der Waals surface area contributed by atoms with Crippen LogP contribution in [0.2, 0.25) is 0 Å². The number of hydrogen-bond donors (Lipinski definition) is 2. The van der Waals surface area contributed by atoms with Crippen molar-refractivity contribution < 1.29 is 14.7 Å². The van der Waals surface area contributed by atoms with Crippen LogP contribution in [0.25, 0.3) is 0 Å². The number of carbonyl (C=O) groups excluding carboxylic acids is 2. The van der Waals surface area contributed by atoms with E-state index in [9.17, 15) is 14.7 Å². The highest BCUT2D eigenvalue weighted by atomic mass is 16.3. The van der Waals surface area contributed by atoms with Gasteiger partial charge < -0.3 is 15.3 Å². The van der Waals surface area contributed by atoms with Gasteiger partial charge in [0.1, 0.15) is 0 Å². The van der Waals surface area contributed by atoms with E-state index in [-0.39, 0.29) is 32.3 Å². The predicted octanol–water partition coefficient (Wildman–Crippen LogP) is 4.19. The number of likely N-dealkylation sites (N-methyl/N-ethyl adjacent to an activating group) is 1. The SMILES string of the molecule is C.CCCCCNC(=O)CN(CC(=O)N(C)N1Cc2ccccc2C1)c1cc(C(C)O)ccc1C. The molecule has 192 valence electrons. The standard InChI is InChI=1S/C27H38N4O3.CH4/c1-5-6-9-14-28-26(33)18-30(25-15-22(21(3)32)13-12-20(25)2)19-27(34)29(4)31-16-23-10-7-8-11-24(23)17-31;/h7-8,10-13,15,21,32H,5-6,9,14,16-19H2,1-4H3,(H,28,33);1H4. The van der Waals surface area contributed by atoms with Crippen LogP contribution in [0.4, 0.5) is 5.69 Å². The van der Waals surface area contributed by atoms with E-state index in [4.69, 9.17) is 0 Å². The minimum absolute atomic E-state index is 0. The van der Waals surface area contributed by atoms with Crippen molar-refractivity contribution in [3.63, 3.8) is 0 Å². The molecule has 1 heterocycles. The summed E-state index contributed by atoms with van der Waals surface area (Å²) >= 11 is 0. The summed E-state index contributed by atoms with van der Waals surface area (Å²) < 4.78 is 0. The lowest BCUT2D eigenvalue weighted by molar-refractivity contribution is -0.145. The number of anilines is 1. The van der Waals surface area contributed by atoms with Gasteiger partial charge in [0.15, 0.2) is 0 Å². The van der Waals surface area contributed by atoms with Crippen LogP contribution in [0.15, 0.2) is 42.5 Å². The second-order valence-corrected chi connectivity index (χ2v) is 9.14. The molecule has 0 saturated heterocycles. The largest absolute Gasteiger partial charge is 0.389 e. The molecule has 7 nitrogen and oxygen atoms in total. The fourth-order valence-electron chi connectivity index (χ4n) is 4.24. The molecule has 1 aliphatic rings. The van der Waals surface area contributed by atoms with Gasteiger partial charge in [-0.2, -0.15) is 0 Å². The van der Waals surface area contributed by atoms with E-state index in [2.05, 4.69) is 24.4 Å². The Morgan fingerprint density at radius 3 is 2.34 bits per heavy atom. The molecule has 2 aromatic rings. The molecule has 0 bridgehead atoms. The highest BCUT2D eigenvalue weighted by Gasteiger charge is 2.27. The zero-order chi connectivity index (χ0) is 24.7. The molecule has 0 fully saturated rings. The van der Waals surface area contributed by atoms with Gasteiger partial charge in [-0.05, 0) is 48.6 Å². The van der Waals surface area contributed by atoms with Gasteiger partial charge in [0.05, 0.1) is 19.2 Å². The fraction of sp³-hybridized carbons (Fsp3) is 0.500. The van der Waals surface area contributed by atoms with E-state index in [1.165, 1.54) is 11.1 Å². The molecule has 1 unspecified atom stereocenters. The van der Waals surface area contributed by atoms with Crippen molar-refractivity contribution in [1.29, 1.82) is 0 Å². The van der Waals surface area contributed by atoms with Crippen molar-refractivity contribution in [3.8, 4) is 0 Å². The van der Waals surface area contributed by atoms with Crippen molar-refractivity contribution in [1.82, 2.24) is 15.3 Å². The van der Waals surface area contributed by atoms with Crippen molar-refractivity contribution >= 4 is 17.5 Å². The first-order valence-electron chi connectivity index (χ1n) is 12.2. The van der Waals surface area contributed by atoms with Crippen LogP contribution in [0.5, 0.6) is 0 Å². The summed E-state index contributed by atoms with van der Waals surface area (Å²) in [6, 6.07) is 13.9. The number of aryl methyl sites for hydroxylation is 1. The molecule has 1 aliphatic heterocycles. The van der Waals surface area contributed by atoms with Gasteiger partial charge in [0.2, 0.25) is 5.91 Å². The number of nitrogens with zero attached hydrogens (tertiary/aromatic N) is 3. The molecule has 1 atom stereocenters. The summed E-state index contributed by atoms with van der Waals surface area (Å²) in [4.78, 5) is 27.9. The van der Waals surface area contributed by atoms with Crippen molar-refractivity contribution in [2.24, 2.45) is 0 Å². The lowest BCUT2D eigenvalue weighted by Crippen LogP contribution is -2.48. The number of rotatable bonds is 11. The molecule has 7 heteroatoms. The molecule has 0 spiro atoms. The maximum atomic E-state index is 13.3. The van der Waals surface area contributed by atoms with Crippen LogP contribution in [-0.4, -0.2) is 53.6 Å². The number of aliphatic hydroxyl groups is 1. The monoisotopic (exact) mass is 482 g/mol. The maximum Gasteiger partial charge on any atom is 0.256 e. The molecule has 2 aromatic carbocycles. The van der Waals surface area contributed by atoms with E-state index in [1.807, 2.05) is 47.2 Å². The van der Waals surface area contributed by atoms with Crippen LogP contribution in [0, 0.1) is 6.92 Å². The summed E-state index contributed by atoms with van der Waals surface area (Å²) in [6.45, 7) is 7.95. The number of carbonyl (C=O) groups is 2. The van der Waals surface area contributed by atoms with Crippen LogP contribution in [-0.2, 0) is 22.7 Å². The second kappa shape index (κ2) is 13.3. The molecule has 0 aliphatic carbocycles. The minimum atomic E-state index is -0.634. The third kappa shape index (κ3) is 7.54. The van der Waals surface area contributed by atoms with Gasteiger partial charge >= 0.3 is 0 Å². The van der Waals surface area contributed by atoms with Gasteiger partial charge in [0, 0.05) is 32.4 Å². The molecule has 35 heavy (non-hydrogen) atoms.